The smallest absolute Gasteiger partial charge is 0.338 e. The van der Waals surface area contributed by atoms with E-state index in [1.54, 1.807) is 6.92 Å². The molecule has 0 atom stereocenters. The minimum atomic E-state index is -0.288. The molecule has 1 heterocycles. The van der Waals surface area contributed by atoms with Gasteiger partial charge in [-0.05, 0) is 26.4 Å². The van der Waals surface area contributed by atoms with Crippen LogP contribution >= 0.6 is 0 Å². The van der Waals surface area contributed by atoms with Gasteiger partial charge in [0.1, 0.15) is 0 Å². The second-order valence-corrected chi connectivity index (χ2v) is 2.45. The monoisotopic (exact) mass is 158 g/mol. The maximum Gasteiger partial charge on any atom is 0.338 e. The lowest BCUT2D eigenvalue weighted by atomic mass is 10.3. The molecular weight excluding hydrogens is 144 g/mol. The Morgan fingerprint density at radius 2 is 2.18 bits per heavy atom. The summed E-state index contributed by atoms with van der Waals surface area (Å²) in [5.74, 6) is -0.202. The Labute approximate surface area is 66.3 Å². The zero-order chi connectivity index (χ0) is 8.10. The van der Waals surface area contributed by atoms with Crippen LogP contribution in [0.15, 0.2) is 0 Å². The van der Waals surface area contributed by atoms with Gasteiger partial charge in [0.25, 0.3) is 0 Å². The summed E-state index contributed by atoms with van der Waals surface area (Å²) >= 11 is 0. The van der Waals surface area contributed by atoms with Gasteiger partial charge >= 0.3 is 5.97 Å². The second-order valence-electron chi connectivity index (χ2n) is 2.45. The summed E-state index contributed by atoms with van der Waals surface area (Å²) < 4.78 is 4.82. The molecule has 0 aromatic rings. The molecule has 0 amide bonds. The molecule has 0 aromatic carbocycles. The van der Waals surface area contributed by atoms with Crippen LogP contribution in [0.4, 0.5) is 0 Å². The summed E-state index contributed by atoms with van der Waals surface area (Å²) in [5.41, 5.74) is 0. The average Bonchev–Trinajstić information content (AvgIpc) is 2.07. The molecule has 4 nitrogen and oxygen atoms in total. The largest absolute Gasteiger partial charge is 0.464 e. The average molecular weight is 158 g/mol. The minimum absolute atomic E-state index is 0.202. The first-order valence-electron chi connectivity index (χ1n) is 3.98. The third-order valence-electron chi connectivity index (χ3n) is 1.57. The van der Waals surface area contributed by atoms with E-state index in [4.69, 9.17) is 4.74 Å². The summed E-state index contributed by atoms with van der Waals surface area (Å²) in [6.07, 6.45) is 0.777. The third kappa shape index (κ3) is 2.48. The second kappa shape index (κ2) is 4.31. The van der Waals surface area contributed by atoms with Crippen LogP contribution in [0.3, 0.4) is 0 Å². The quantitative estimate of drug-likeness (QED) is 0.530. The standard InChI is InChI=1S/C7H14N2O2/c1-2-11-7(10)6-8-4-3-5-9-6/h6,8-9H,2-5H2,1H3. The Kier molecular flexibility index (Phi) is 3.32. The lowest BCUT2D eigenvalue weighted by molar-refractivity contribution is -0.147. The van der Waals surface area contributed by atoms with Crippen molar-refractivity contribution in [2.45, 2.75) is 19.5 Å². The molecule has 1 fully saturated rings. The molecule has 2 N–H and O–H groups in total. The first-order valence-corrected chi connectivity index (χ1v) is 3.98. The third-order valence-corrected chi connectivity index (χ3v) is 1.57. The number of hydrogen-bond acceptors (Lipinski definition) is 4. The van der Waals surface area contributed by atoms with Crippen LogP contribution in [-0.4, -0.2) is 31.8 Å². The molecule has 1 rings (SSSR count). The van der Waals surface area contributed by atoms with Crippen molar-refractivity contribution in [2.24, 2.45) is 0 Å². The number of hydrogen-bond donors (Lipinski definition) is 2. The fourth-order valence-corrected chi connectivity index (χ4v) is 1.05. The molecular formula is C7H14N2O2. The summed E-state index contributed by atoms with van der Waals surface area (Å²) in [5, 5.41) is 6.04. The maximum absolute atomic E-state index is 11.1. The molecule has 0 aromatic heterocycles. The van der Waals surface area contributed by atoms with Crippen LogP contribution < -0.4 is 10.6 Å². The summed E-state index contributed by atoms with van der Waals surface area (Å²) in [7, 11) is 0. The Balaban J connectivity index is 2.27. The van der Waals surface area contributed by atoms with Crippen LogP contribution in [0.2, 0.25) is 0 Å². The van der Waals surface area contributed by atoms with Gasteiger partial charge in [-0.25, -0.2) is 4.79 Å². The predicted octanol–water partition coefficient (Wildman–Crippen LogP) is -0.541. The fraction of sp³-hybridized carbons (Fsp3) is 0.857. The molecule has 1 aliphatic heterocycles. The van der Waals surface area contributed by atoms with Crippen molar-refractivity contribution in [3.63, 3.8) is 0 Å². The SMILES string of the molecule is CCOC(=O)C1NCCCN1. The van der Waals surface area contributed by atoms with E-state index in [9.17, 15) is 4.79 Å². The van der Waals surface area contributed by atoms with Gasteiger partial charge in [-0.2, -0.15) is 0 Å². The fourth-order valence-electron chi connectivity index (χ4n) is 1.05. The molecule has 1 aliphatic rings. The lowest BCUT2D eigenvalue weighted by Crippen LogP contribution is -2.53. The summed E-state index contributed by atoms with van der Waals surface area (Å²) in [6, 6.07) is 0. The van der Waals surface area contributed by atoms with Gasteiger partial charge in [0.2, 0.25) is 0 Å². The number of nitrogens with one attached hydrogen (secondary N) is 2. The Morgan fingerprint density at radius 3 is 2.73 bits per heavy atom. The first-order chi connectivity index (χ1) is 5.34. The van der Waals surface area contributed by atoms with Crippen molar-refractivity contribution in [1.29, 1.82) is 0 Å². The van der Waals surface area contributed by atoms with Gasteiger partial charge in [-0.15, -0.1) is 0 Å². The zero-order valence-electron chi connectivity index (χ0n) is 6.72. The van der Waals surface area contributed by atoms with Crippen LogP contribution in [0.1, 0.15) is 13.3 Å². The van der Waals surface area contributed by atoms with E-state index in [0.717, 1.165) is 19.5 Å². The molecule has 0 spiro atoms. The van der Waals surface area contributed by atoms with Crippen molar-refractivity contribution < 1.29 is 9.53 Å². The normalized spacial score (nSPS) is 19.7. The highest BCUT2D eigenvalue weighted by molar-refractivity contribution is 5.75. The highest BCUT2D eigenvalue weighted by Gasteiger charge is 2.20. The van der Waals surface area contributed by atoms with E-state index in [1.807, 2.05) is 0 Å². The van der Waals surface area contributed by atoms with E-state index in [-0.39, 0.29) is 12.1 Å². The minimum Gasteiger partial charge on any atom is -0.464 e. The number of esters is 1. The van der Waals surface area contributed by atoms with Gasteiger partial charge in [0.05, 0.1) is 6.61 Å². The number of ether oxygens (including phenoxy) is 1. The van der Waals surface area contributed by atoms with E-state index in [0.29, 0.717) is 6.61 Å². The summed E-state index contributed by atoms with van der Waals surface area (Å²) in [6.45, 7) is 4.02. The Hall–Kier alpha value is -0.610. The van der Waals surface area contributed by atoms with Crippen molar-refractivity contribution in [3.05, 3.63) is 0 Å². The van der Waals surface area contributed by atoms with Gasteiger partial charge in [0.15, 0.2) is 6.17 Å². The van der Waals surface area contributed by atoms with E-state index in [2.05, 4.69) is 10.6 Å². The molecule has 11 heavy (non-hydrogen) atoms. The molecule has 0 bridgehead atoms. The van der Waals surface area contributed by atoms with Crippen molar-refractivity contribution >= 4 is 5.97 Å². The van der Waals surface area contributed by atoms with Gasteiger partial charge in [0, 0.05) is 0 Å². The maximum atomic E-state index is 11.1. The highest BCUT2D eigenvalue weighted by atomic mass is 16.5. The van der Waals surface area contributed by atoms with Crippen LogP contribution in [0.5, 0.6) is 0 Å². The molecule has 1 saturated heterocycles. The van der Waals surface area contributed by atoms with Crippen molar-refractivity contribution in [3.8, 4) is 0 Å². The van der Waals surface area contributed by atoms with Gasteiger partial charge < -0.3 is 4.74 Å². The molecule has 0 aliphatic carbocycles. The van der Waals surface area contributed by atoms with Crippen LogP contribution in [0, 0.1) is 0 Å². The van der Waals surface area contributed by atoms with Gasteiger partial charge in [-0.3, -0.25) is 10.6 Å². The van der Waals surface area contributed by atoms with Crippen LogP contribution in [0.25, 0.3) is 0 Å². The number of carbonyl (C=O) groups is 1. The predicted molar refractivity (Wildman–Crippen MR) is 41.0 cm³/mol. The van der Waals surface area contributed by atoms with Gasteiger partial charge in [-0.1, -0.05) is 0 Å². The Morgan fingerprint density at radius 1 is 1.55 bits per heavy atom. The highest BCUT2D eigenvalue weighted by Crippen LogP contribution is 1.91. The molecule has 0 saturated carbocycles. The van der Waals surface area contributed by atoms with E-state index >= 15 is 0 Å². The van der Waals surface area contributed by atoms with Crippen molar-refractivity contribution in [1.82, 2.24) is 10.6 Å². The van der Waals surface area contributed by atoms with Crippen LogP contribution in [-0.2, 0) is 9.53 Å². The zero-order valence-corrected chi connectivity index (χ0v) is 6.72. The molecule has 64 valence electrons. The lowest BCUT2D eigenvalue weighted by Gasteiger charge is -2.22. The van der Waals surface area contributed by atoms with Crippen molar-refractivity contribution in [2.75, 3.05) is 19.7 Å². The van der Waals surface area contributed by atoms with E-state index in [1.165, 1.54) is 0 Å². The Bertz CT molecular complexity index is 132. The first kappa shape index (κ1) is 8.49. The number of carbonyl (C=O) groups excluding carboxylic acids is 1. The molecule has 4 heteroatoms. The molecule has 0 radical (unpaired) electrons. The topological polar surface area (TPSA) is 50.4 Å². The van der Waals surface area contributed by atoms with E-state index < -0.39 is 0 Å². The number of rotatable bonds is 2. The summed E-state index contributed by atoms with van der Waals surface area (Å²) in [4.78, 5) is 11.1. The molecule has 0 unspecified atom stereocenters.